The molecule has 0 saturated carbocycles. The van der Waals surface area contributed by atoms with Crippen LogP contribution in [0.5, 0.6) is 0 Å². The van der Waals surface area contributed by atoms with E-state index in [-0.39, 0.29) is 12.3 Å². The Balaban J connectivity index is 3.94. The van der Waals surface area contributed by atoms with Crippen molar-refractivity contribution in [3.63, 3.8) is 0 Å². The van der Waals surface area contributed by atoms with Crippen molar-refractivity contribution in [1.29, 1.82) is 0 Å². The van der Waals surface area contributed by atoms with Crippen molar-refractivity contribution in [2.45, 2.75) is 6.18 Å². The van der Waals surface area contributed by atoms with Crippen LogP contribution in [-0.4, -0.2) is 34.2 Å². The van der Waals surface area contributed by atoms with E-state index in [1.165, 1.54) is 0 Å². The van der Waals surface area contributed by atoms with E-state index in [2.05, 4.69) is 0 Å². The van der Waals surface area contributed by atoms with E-state index in [0.717, 1.165) is 0 Å². The van der Waals surface area contributed by atoms with E-state index in [1.807, 2.05) is 0 Å². The molecule has 1 unspecified atom stereocenters. The maximum absolute atomic E-state index is 11.5. The van der Waals surface area contributed by atoms with Gasteiger partial charge in [-0.3, -0.25) is 9.00 Å². The highest BCUT2D eigenvalue weighted by molar-refractivity contribution is 7.85. The fourth-order valence-electron chi connectivity index (χ4n) is 0.432. The summed E-state index contributed by atoms with van der Waals surface area (Å²) in [7, 11) is -1.79. The molecule has 0 amide bonds. The topological polar surface area (TPSA) is 60.2 Å². The zero-order chi connectivity index (χ0) is 9.78. The van der Waals surface area contributed by atoms with Gasteiger partial charge in [0, 0.05) is 23.1 Å². The zero-order valence-corrected chi connectivity index (χ0v) is 6.87. The molecule has 0 rings (SSSR count). The summed E-state index contributed by atoms with van der Waals surface area (Å²) in [4.78, 5) is 10.2. The number of ketones is 1. The van der Waals surface area contributed by atoms with E-state index in [0.29, 0.717) is 0 Å². The molecule has 2 N–H and O–H groups in total. The summed E-state index contributed by atoms with van der Waals surface area (Å²) in [6.45, 7) is 0.0117. The first-order chi connectivity index (χ1) is 5.38. The summed E-state index contributed by atoms with van der Waals surface area (Å²) < 4.78 is 45.2. The third kappa shape index (κ3) is 4.45. The van der Waals surface area contributed by atoms with Gasteiger partial charge in [-0.05, 0) is 0 Å². The molecule has 0 aliphatic heterocycles. The van der Waals surface area contributed by atoms with Crippen LogP contribution in [0.2, 0.25) is 0 Å². The van der Waals surface area contributed by atoms with Crippen LogP contribution < -0.4 is 5.73 Å². The van der Waals surface area contributed by atoms with E-state index in [1.54, 1.807) is 0 Å². The molecule has 0 saturated heterocycles. The summed E-state index contributed by atoms with van der Waals surface area (Å²) in [5, 5.41) is 0. The van der Waals surface area contributed by atoms with Gasteiger partial charge in [-0.1, -0.05) is 0 Å². The lowest BCUT2D eigenvalue weighted by molar-refractivity contribution is -0.168. The summed E-state index contributed by atoms with van der Waals surface area (Å²) >= 11 is 0. The van der Waals surface area contributed by atoms with Gasteiger partial charge >= 0.3 is 6.18 Å². The van der Waals surface area contributed by atoms with Crippen LogP contribution in [0.1, 0.15) is 0 Å². The molecular weight excluding hydrogens is 195 g/mol. The number of rotatable bonds is 4. The molecule has 3 nitrogen and oxygen atoms in total. The molecule has 12 heavy (non-hydrogen) atoms. The Bertz CT molecular complexity index is 192. The molecule has 0 aromatic rings. The molecule has 0 radical (unpaired) electrons. The van der Waals surface area contributed by atoms with E-state index in [4.69, 9.17) is 5.73 Å². The summed E-state index contributed by atoms with van der Waals surface area (Å²) in [5.74, 6) is -3.03. The minimum Gasteiger partial charge on any atom is -0.330 e. The highest BCUT2D eigenvalue weighted by Gasteiger charge is 2.38. The van der Waals surface area contributed by atoms with Gasteiger partial charge in [0.1, 0.15) is 0 Å². The van der Waals surface area contributed by atoms with Crippen LogP contribution in [0.3, 0.4) is 0 Å². The first-order valence-electron chi connectivity index (χ1n) is 3.03. The third-order valence-corrected chi connectivity index (χ3v) is 2.23. The minimum absolute atomic E-state index is 0.0117. The first-order valence-corrected chi connectivity index (χ1v) is 4.51. The van der Waals surface area contributed by atoms with Crippen LogP contribution in [0.25, 0.3) is 0 Å². The second-order valence-electron chi connectivity index (χ2n) is 2.00. The maximum Gasteiger partial charge on any atom is 0.450 e. The zero-order valence-electron chi connectivity index (χ0n) is 6.06. The Morgan fingerprint density at radius 3 is 2.25 bits per heavy atom. The Hall–Kier alpha value is -0.430. The molecule has 7 heteroatoms. The second kappa shape index (κ2) is 4.56. The molecular formula is C5H8F3NO2S. The molecule has 1 atom stereocenters. The Morgan fingerprint density at radius 2 is 1.92 bits per heavy atom. The number of hydrogen-bond donors (Lipinski definition) is 1. The molecule has 0 aliphatic carbocycles. The number of carbonyl (C=O) groups is 1. The number of hydrogen-bond acceptors (Lipinski definition) is 3. The number of alkyl halides is 3. The van der Waals surface area contributed by atoms with Crippen molar-refractivity contribution in [3.8, 4) is 0 Å². The number of Topliss-reactive ketones (excluding diaryl/α,β-unsaturated/α-hetero) is 1. The summed E-state index contributed by atoms with van der Waals surface area (Å²) in [5.41, 5.74) is 4.93. The van der Waals surface area contributed by atoms with Crippen LogP contribution >= 0.6 is 0 Å². The molecule has 0 heterocycles. The molecule has 0 spiro atoms. The van der Waals surface area contributed by atoms with Gasteiger partial charge in [0.05, 0.1) is 5.75 Å². The SMILES string of the molecule is NCCS(=O)CC(=O)C(F)(F)F. The second-order valence-corrected chi connectivity index (χ2v) is 3.57. The van der Waals surface area contributed by atoms with Gasteiger partial charge in [0.25, 0.3) is 0 Å². The predicted octanol–water partition coefficient (Wildman–Crippen LogP) is -0.175. The molecule has 0 aliphatic rings. The quantitative estimate of drug-likeness (QED) is 0.689. The standard InChI is InChI=1S/C5H8F3NO2S/c6-5(7,8)4(10)3-12(11)2-1-9/h1-3,9H2. The van der Waals surface area contributed by atoms with Gasteiger partial charge < -0.3 is 5.73 Å². The molecule has 0 aromatic heterocycles. The van der Waals surface area contributed by atoms with E-state index < -0.39 is 28.5 Å². The molecule has 0 aromatic carbocycles. The number of nitrogens with two attached hydrogens (primary N) is 1. The predicted molar refractivity (Wildman–Crippen MR) is 38.0 cm³/mol. The Labute approximate surface area is 69.6 Å². The van der Waals surface area contributed by atoms with Crippen LogP contribution in [0, 0.1) is 0 Å². The lowest BCUT2D eigenvalue weighted by Gasteiger charge is -2.03. The van der Waals surface area contributed by atoms with Crippen LogP contribution in [0.4, 0.5) is 13.2 Å². The first kappa shape index (κ1) is 11.6. The lowest BCUT2D eigenvalue weighted by Crippen LogP contribution is -2.29. The highest BCUT2D eigenvalue weighted by Crippen LogP contribution is 2.16. The molecule has 0 fully saturated rings. The van der Waals surface area contributed by atoms with E-state index in [9.17, 15) is 22.2 Å². The van der Waals surface area contributed by atoms with Crippen molar-refractivity contribution in [2.75, 3.05) is 18.1 Å². The summed E-state index contributed by atoms with van der Waals surface area (Å²) in [6.07, 6.45) is -4.88. The van der Waals surface area contributed by atoms with Crippen molar-refractivity contribution >= 4 is 16.6 Å². The smallest absolute Gasteiger partial charge is 0.330 e. The number of halogens is 3. The fraction of sp³-hybridized carbons (Fsp3) is 0.800. The normalized spacial score (nSPS) is 14.3. The third-order valence-electron chi connectivity index (χ3n) is 0.954. The maximum atomic E-state index is 11.5. The summed E-state index contributed by atoms with van der Waals surface area (Å²) in [6, 6.07) is 0. The van der Waals surface area contributed by atoms with Crippen molar-refractivity contribution < 1.29 is 22.2 Å². The van der Waals surface area contributed by atoms with Gasteiger partial charge in [-0.2, -0.15) is 13.2 Å². The van der Waals surface area contributed by atoms with Crippen molar-refractivity contribution in [2.24, 2.45) is 5.73 Å². The average molecular weight is 203 g/mol. The van der Waals surface area contributed by atoms with Crippen molar-refractivity contribution in [1.82, 2.24) is 0 Å². The lowest BCUT2D eigenvalue weighted by atomic mass is 10.4. The van der Waals surface area contributed by atoms with Crippen LogP contribution in [-0.2, 0) is 15.6 Å². The van der Waals surface area contributed by atoms with Gasteiger partial charge in [0.15, 0.2) is 0 Å². The Kier molecular flexibility index (Phi) is 4.40. The van der Waals surface area contributed by atoms with Gasteiger partial charge in [0.2, 0.25) is 5.78 Å². The number of carbonyl (C=O) groups excluding carboxylic acids is 1. The largest absolute Gasteiger partial charge is 0.450 e. The monoisotopic (exact) mass is 203 g/mol. The highest BCUT2D eigenvalue weighted by atomic mass is 32.2. The molecule has 0 bridgehead atoms. The van der Waals surface area contributed by atoms with Gasteiger partial charge in [-0.25, -0.2) is 0 Å². The average Bonchev–Trinajstić information content (AvgIpc) is 1.85. The Morgan fingerprint density at radius 1 is 1.42 bits per heavy atom. The van der Waals surface area contributed by atoms with Crippen LogP contribution in [0.15, 0.2) is 0 Å². The van der Waals surface area contributed by atoms with Crippen molar-refractivity contribution in [3.05, 3.63) is 0 Å². The van der Waals surface area contributed by atoms with Gasteiger partial charge in [-0.15, -0.1) is 0 Å². The van der Waals surface area contributed by atoms with E-state index >= 15 is 0 Å². The minimum atomic E-state index is -4.88. The molecule has 72 valence electrons. The fourth-order valence-corrected chi connectivity index (χ4v) is 1.29.